The molecule has 0 saturated carbocycles. The van der Waals surface area contributed by atoms with Crippen LogP contribution in [0.1, 0.15) is 65.7 Å². The zero-order valence-electron chi connectivity index (χ0n) is 11.7. The van der Waals surface area contributed by atoms with E-state index in [-0.39, 0.29) is 0 Å². The molecule has 0 radical (unpaired) electrons. The van der Waals surface area contributed by atoms with Gasteiger partial charge in [-0.15, -0.1) is 0 Å². The first-order chi connectivity index (χ1) is 8.24. The largest absolute Gasteiger partial charge is 0.508 e. The summed E-state index contributed by atoms with van der Waals surface area (Å²) in [6, 6.07) is 0. The first-order valence-electron chi connectivity index (χ1n) is 7.04. The molecule has 0 heterocycles. The van der Waals surface area contributed by atoms with Crippen LogP contribution in [0.15, 0.2) is 0 Å². The molecule has 0 aliphatic carbocycles. The molecule has 0 N–H and O–H groups in total. The van der Waals surface area contributed by atoms with Gasteiger partial charge in [0.05, 0.1) is 13.2 Å². The van der Waals surface area contributed by atoms with Crippen molar-refractivity contribution in [1.82, 2.24) is 0 Å². The zero-order chi connectivity index (χ0) is 12.9. The Morgan fingerprint density at radius 1 is 1.00 bits per heavy atom. The molecule has 0 aromatic rings. The highest BCUT2D eigenvalue weighted by atomic mass is 16.7. The van der Waals surface area contributed by atoms with Crippen LogP contribution in [0.3, 0.4) is 0 Å². The minimum atomic E-state index is -0.515. The van der Waals surface area contributed by atoms with Crippen molar-refractivity contribution in [3.05, 3.63) is 0 Å². The number of rotatable bonds is 10. The SMILES string of the molecule is CCCCCCC(CC)COC(=O)OCCC. The summed E-state index contributed by atoms with van der Waals surface area (Å²) in [5.74, 6) is 0.487. The molecule has 0 rings (SSSR count). The predicted molar refractivity (Wildman–Crippen MR) is 70.1 cm³/mol. The van der Waals surface area contributed by atoms with Crippen LogP contribution in [0.5, 0.6) is 0 Å². The van der Waals surface area contributed by atoms with Gasteiger partial charge in [-0.05, 0) is 18.8 Å². The average Bonchev–Trinajstić information content (AvgIpc) is 2.35. The van der Waals surface area contributed by atoms with E-state index in [9.17, 15) is 4.79 Å². The quantitative estimate of drug-likeness (QED) is 0.418. The van der Waals surface area contributed by atoms with Gasteiger partial charge in [-0.2, -0.15) is 0 Å². The first kappa shape index (κ1) is 16.3. The minimum absolute atomic E-state index is 0.451. The smallest absolute Gasteiger partial charge is 0.434 e. The summed E-state index contributed by atoms with van der Waals surface area (Å²) < 4.78 is 9.96. The Morgan fingerprint density at radius 3 is 2.35 bits per heavy atom. The second-order valence-electron chi connectivity index (χ2n) is 4.53. The van der Waals surface area contributed by atoms with Crippen LogP contribution >= 0.6 is 0 Å². The van der Waals surface area contributed by atoms with Gasteiger partial charge in [-0.25, -0.2) is 4.79 Å². The van der Waals surface area contributed by atoms with Crippen LogP contribution in [-0.2, 0) is 9.47 Å². The number of carbonyl (C=O) groups excluding carboxylic acids is 1. The van der Waals surface area contributed by atoms with Crippen LogP contribution < -0.4 is 0 Å². The minimum Gasteiger partial charge on any atom is -0.434 e. The van der Waals surface area contributed by atoms with Gasteiger partial charge in [0, 0.05) is 0 Å². The van der Waals surface area contributed by atoms with E-state index >= 15 is 0 Å². The lowest BCUT2D eigenvalue weighted by molar-refractivity contribution is 0.0426. The van der Waals surface area contributed by atoms with Crippen LogP contribution in [0.25, 0.3) is 0 Å². The fourth-order valence-electron chi connectivity index (χ4n) is 1.68. The molecule has 17 heavy (non-hydrogen) atoms. The molecule has 0 aromatic carbocycles. The fourth-order valence-corrected chi connectivity index (χ4v) is 1.68. The molecule has 0 amide bonds. The standard InChI is InChI=1S/C14H28O3/c1-4-7-8-9-10-13(6-3)12-17-14(15)16-11-5-2/h13H,4-12H2,1-3H3. The van der Waals surface area contributed by atoms with Crippen LogP contribution in [-0.4, -0.2) is 19.4 Å². The van der Waals surface area contributed by atoms with Gasteiger partial charge in [0.25, 0.3) is 0 Å². The summed E-state index contributed by atoms with van der Waals surface area (Å²) in [5.41, 5.74) is 0. The normalized spacial score (nSPS) is 12.2. The number of hydrogen-bond acceptors (Lipinski definition) is 3. The monoisotopic (exact) mass is 244 g/mol. The third-order valence-electron chi connectivity index (χ3n) is 2.90. The summed E-state index contributed by atoms with van der Waals surface area (Å²) in [6.07, 6.45) is 7.62. The molecule has 1 atom stereocenters. The maximum atomic E-state index is 11.2. The lowest BCUT2D eigenvalue weighted by atomic mass is 9.99. The molecule has 3 heteroatoms. The molecular weight excluding hydrogens is 216 g/mol. The Bertz CT molecular complexity index is 180. The lowest BCUT2D eigenvalue weighted by Gasteiger charge is -2.14. The van der Waals surface area contributed by atoms with Crippen molar-refractivity contribution in [3.8, 4) is 0 Å². The van der Waals surface area contributed by atoms with Gasteiger partial charge in [-0.3, -0.25) is 0 Å². The van der Waals surface area contributed by atoms with Gasteiger partial charge in [0.15, 0.2) is 0 Å². The molecule has 0 bridgehead atoms. The molecule has 1 unspecified atom stereocenters. The highest BCUT2D eigenvalue weighted by Crippen LogP contribution is 2.14. The van der Waals surface area contributed by atoms with Crippen molar-refractivity contribution < 1.29 is 14.3 Å². The Hall–Kier alpha value is -0.730. The van der Waals surface area contributed by atoms with Crippen molar-refractivity contribution in [2.45, 2.75) is 65.7 Å². The van der Waals surface area contributed by atoms with Gasteiger partial charge in [0.2, 0.25) is 0 Å². The van der Waals surface area contributed by atoms with Crippen LogP contribution in [0.4, 0.5) is 4.79 Å². The Kier molecular flexibility index (Phi) is 11.2. The Balaban J connectivity index is 3.55. The summed E-state index contributed by atoms with van der Waals surface area (Å²) in [5, 5.41) is 0. The van der Waals surface area contributed by atoms with Crippen molar-refractivity contribution in [3.63, 3.8) is 0 Å². The first-order valence-corrected chi connectivity index (χ1v) is 7.04. The summed E-state index contributed by atoms with van der Waals surface area (Å²) >= 11 is 0. The van der Waals surface area contributed by atoms with Crippen LogP contribution in [0, 0.1) is 5.92 Å². The van der Waals surface area contributed by atoms with Gasteiger partial charge in [0.1, 0.15) is 0 Å². The molecule has 0 saturated heterocycles. The third-order valence-corrected chi connectivity index (χ3v) is 2.90. The van der Waals surface area contributed by atoms with Gasteiger partial charge >= 0.3 is 6.16 Å². The van der Waals surface area contributed by atoms with E-state index < -0.39 is 6.16 Å². The molecule has 0 fully saturated rings. The molecule has 102 valence electrons. The fraction of sp³-hybridized carbons (Fsp3) is 0.929. The number of unbranched alkanes of at least 4 members (excludes halogenated alkanes) is 3. The molecule has 0 aromatic heterocycles. The maximum Gasteiger partial charge on any atom is 0.508 e. The van der Waals surface area contributed by atoms with Gasteiger partial charge in [-0.1, -0.05) is 52.9 Å². The number of carbonyl (C=O) groups is 1. The van der Waals surface area contributed by atoms with E-state index in [4.69, 9.17) is 9.47 Å². The topological polar surface area (TPSA) is 35.5 Å². The highest BCUT2D eigenvalue weighted by Gasteiger charge is 2.10. The second kappa shape index (κ2) is 11.7. The Morgan fingerprint density at radius 2 is 1.76 bits per heavy atom. The molecule has 0 spiro atoms. The van der Waals surface area contributed by atoms with E-state index in [2.05, 4.69) is 13.8 Å². The van der Waals surface area contributed by atoms with E-state index in [0.29, 0.717) is 19.1 Å². The van der Waals surface area contributed by atoms with Crippen molar-refractivity contribution in [2.24, 2.45) is 5.92 Å². The predicted octanol–water partition coefficient (Wildman–Crippen LogP) is 4.55. The van der Waals surface area contributed by atoms with Crippen molar-refractivity contribution >= 4 is 6.16 Å². The molecule has 0 aliphatic rings. The molecule has 0 aliphatic heterocycles. The summed E-state index contributed by atoms with van der Waals surface area (Å²) in [4.78, 5) is 11.2. The van der Waals surface area contributed by atoms with Crippen molar-refractivity contribution in [2.75, 3.05) is 13.2 Å². The Labute approximate surface area is 106 Å². The average molecular weight is 244 g/mol. The summed E-state index contributed by atoms with van der Waals surface area (Å²) in [6.45, 7) is 7.28. The highest BCUT2D eigenvalue weighted by molar-refractivity contribution is 5.59. The van der Waals surface area contributed by atoms with Crippen molar-refractivity contribution in [1.29, 1.82) is 0 Å². The van der Waals surface area contributed by atoms with E-state index in [0.717, 1.165) is 19.3 Å². The maximum absolute atomic E-state index is 11.2. The number of ether oxygens (including phenoxy) is 2. The van der Waals surface area contributed by atoms with E-state index in [1.165, 1.54) is 25.7 Å². The van der Waals surface area contributed by atoms with E-state index in [1.807, 2.05) is 6.92 Å². The van der Waals surface area contributed by atoms with Gasteiger partial charge < -0.3 is 9.47 Å². The zero-order valence-corrected chi connectivity index (χ0v) is 11.7. The van der Waals surface area contributed by atoms with Crippen LogP contribution in [0.2, 0.25) is 0 Å². The summed E-state index contributed by atoms with van der Waals surface area (Å²) in [7, 11) is 0. The molecular formula is C14H28O3. The lowest BCUT2D eigenvalue weighted by Crippen LogP contribution is -2.15. The third kappa shape index (κ3) is 10.2. The molecule has 3 nitrogen and oxygen atoms in total. The van der Waals surface area contributed by atoms with E-state index in [1.54, 1.807) is 0 Å². The second-order valence-corrected chi connectivity index (χ2v) is 4.53. The number of hydrogen-bond donors (Lipinski definition) is 0.